The lowest BCUT2D eigenvalue weighted by molar-refractivity contribution is -0.119. The Balaban J connectivity index is 1.41. The summed E-state index contributed by atoms with van der Waals surface area (Å²) in [4.78, 5) is 24.4. The highest BCUT2D eigenvalue weighted by Gasteiger charge is 2.25. The summed E-state index contributed by atoms with van der Waals surface area (Å²) < 4.78 is 5.34. The van der Waals surface area contributed by atoms with Crippen LogP contribution in [0.2, 0.25) is 0 Å². The Labute approximate surface area is 166 Å². The summed E-state index contributed by atoms with van der Waals surface area (Å²) in [7, 11) is 1.68. The number of rotatable bonds is 7. The predicted molar refractivity (Wildman–Crippen MR) is 110 cm³/mol. The maximum atomic E-state index is 12.7. The fourth-order valence-electron chi connectivity index (χ4n) is 4.17. The van der Waals surface area contributed by atoms with Crippen molar-refractivity contribution in [2.24, 2.45) is 4.99 Å². The molecule has 5 nitrogen and oxygen atoms in total. The number of hydrogen-bond acceptors (Lipinski definition) is 5. The third kappa shape index (κ3) is 4.14. The molecule has 4 rings (SSSR count). The first-order chi connectivity index (χ1) is 13.7. The lowest BCUT2D eigenvalue weighted by atomic mass is 9.93. The summed E-state index contributed by atoms with van der Waals surface area (Å²) >= 11 is 0. The van der Waals surface area contributed by atoms with E-state index in [2.05, 4.69) is 28.1 Å². The SMILES string of the molecule is COC[C@@H](CC(=O)Cc1cc2c(cn1)C(N1CCCC1)=NC2)c1ccccc1. The second kappa shape index (κ2) is 8.65. The molecule has 146 valence electrons. The molecule has 0 aliphatic carbocycles. The van der Waals surface area contributed by atoms with Crippen molar-refractivity contribution in [2.75, 3.05) is 26.8 Å². The van der Waals surface area contributed by atoms with Gasteiger partial charge in [0.25, 0.3) is 0 Å². The van der Waals surface area contributed by atoms with Crippen molar-refractivity contribution in [3.63, 3.8) is 0 Å². The van der Waals surface area contributed by atoms with Gasteiger partial charge >= 0.3 is 0 Å². The third-order valence-electron chi connectivity index (χ3n) is 5.58. The Morgan fingerprint density at radius 2 is 2.00 bits per heavy atom. The lowest BCUT2D eigenvalue weighted by Gasteiger charge is -2.18. The van der Waals surface area contributed by atoms with E-state index in [1.165, 1.54) is 18.4 Å². The highest BCUT2D eigenvalue weighted by Crippen LogP contribution is 2.25. The van der Waals surface area contributed by atoms with Gasteiger partial charge in [-0.25, -0.2) is 0 Å². The number of benzene rings is 1. The quantitative estimate of drug-likeness (QED) is 0.742. The molecule has 2 aliphatic heterocycles. The van der Waals surface area contributed by atoms with Crippen LogP contribution in [0.1, 0.15) is 47.6 Å². The van der Waals surface area contributed by atoms with E-state index in [1.54, 1.807) is 7.11 Å². The van der Waals surface area contributed by atoms with E-state index in [-0.39, 0.29) is 11.7 Å². The molecule has 1 saturated heterocycles. The number of pyridine rings is 1. The number of Topliss-reactive ketones (excluding diaryl/α,β-unsaturated/α-hetero) is 1. The van der Waals surface area contributed by atoms with Crippen LogP contribution in [0.25, 0.3) is 0 Å². The first-order valence-corrected chi connectivity index (χ1v) is 10.1. The molecule has 2 aromatic rings. The van der Waals surface area contributed by atoms with E-state index >= 15 is 0 Å². The van der Waals surface area contributed by atoms with Crippen LogP contribution in [-0.4, -0.2) is 48.3 Å². The summed E-state index contributed by atoms with van der Waals surface area (Å²) in [6.07, 6.45) is 5.20. The minimum Gasteiger partial charge on any atom is -0.384 e. The van der Waals surface area contributed by atoms with Gasteiger partial charge < -0.3 is 9.64 Å². The highest BCUT2D eigenvalue weighted by molar-refractivity contribution is 6.02. The molecular formula is C23H27N3O2. The zero-order valence-electron chi connectivity index (χ0n) is 16.4. The standard InChI is InChI=1S/C23H27N3O2/c1-28-16-19(17-7-3-2-4-8-17)12-21(27)13-20-11-18-14-25-23(22(18)15-24-20)26-9-5-6-10-26/h2-4,7-8,11,15,19H,5-6,9-10,12-14,16H2,1H3/t19-/m1/s1. The average molecular weight is 377 g/mol. The summed E-state index contributed by atoms with van der Waals surface area (Å²) in [6, 6.07) is 12.2. The van der Waals surface area contributed by atoms with Crippen LogP contribution < -0.4 is 0 Å². The van der Waals surface area contributed by atoms with Gasteiger partial charge in [0, 0.05) is 56.4 Å². The Morgan fingerprint density at radius 1 is 1.21 bits per heavy atom. The molecule has 1 aromatic carbocycles. The van der Waals surface area contributed by atoms with Crippen LogP contribution in [0.3, 0.4) is 0 Å². The lowest BCUT2D eigenvalue weighted by Crippen LogP contribution is -2.27. The number of nitrogens with zero attached hydrogens (tertiary/aromatic N) is 3. The van der Waals surface area contributed by atoms with Gasteiger partial charge in [-0.05, 0) is 30.0 Å². The Kier molecular flexibility index (Phi) is 5.81. The normalized spacial score (nSPS) is 16.8. The van der Waals surface area contributed by atoms with Crippen LogP contribution in [-0.2, 0) is 22.5 Å². The van der Waals surface area contributed by atoms with Gasteiger partial charge in [0.2, 0.25) is 0 Å². The largest absolute Gasteiger partial charge is 0.384 e. The molecule has 0 N–H and O–H groups in total. The van der Waals surface area contributed by atoms with Crippen molar-refractivity contribution >= 4 is 11.6 Å². The molecule has 1 aromatic heterocycles. The fraction of sp³-hybridized carbons (Fsp3) is 0.435. The molecule has 0 amide bonds. The number of likely N-dealkylation sites (tertiary alicyclic amines) is 1. The monoisotopic (exact) mass is 377 g/mol. The van der Waals surface area contributed by atoms with Gasteiger partial charge in [-0.3, -0.25) is 14.8 Å². The van der Waals surface area contributed by atoms with Gasteiger partial charge in [0.1, 0.15) is 11.6 Å². The number of carbonyl (C=O) groups is 1. The van der Waals surface area contributed by atoms with Crippen LogP contribution in [0.15, 0.2) is 47.6 Å². The van der Waals surface area contributed by atoms with E-state index < -0.39 is 0 Å². The van der Waals surface area contributed by atoms with Crippen LogP contribution >= 0.6 is 0 Å². The van der Waals surface area contributed by atoms with Crippen molar-refractivity contribution < 1.29 is 9.53 Å². The third-order valence-corrected chi connectivity index (χ3v) is 5.58. The van der Waals surface area contributed by atoms with Crippen LogP contribution in [0.5, 0.6) is 0 Å². The molecule has 0 spiro atoms. The van der Waals surface area contributed by atoms with E-state index in [1.807, 2.05) is 24.4 Å². The smallest absolute Gasteiger partial charge is 0.139 e. The first-order valence-electron chi connectivity index (χ1n) is 10.1. The molecule has 0 radical (unpaired) electrons. The maximum Gasteiger partial charge on any atom is 0.139 e. The topological polar surface area (TPSA) is 54.8 Å². The molecule has 5 heteroatoms. The maximum absolute atomic E-state index is 12.7. The first kappa shape index (κ1) is 18.8. The highest BCUT2D eigenvalue weighted by atomic mass is 16.5. The van der Waals surface area contributed by atoms with Gasteiger partial charge in [-0.2, -0.15) is 0 Å². The molecular weight excluding hydrogens is 350 g/mol. The van der Waals surface area contributed by atoms with Crippen molar-refractivity contribution in [3.8, 4) is 0 Å². The van der Waals surface area contributed by atoms with Crippen molar-refractivity contribution in [1.82, 2.24) is 9.88 Å². The fourth-order valence-corrected chi connectivity index (χ4v) is 4.17. The number of methoxy groups -OCH3 is 1. The number of amidine groups is 1. The zero-order valence-corrected chi connectivity index (χ0v) is 16.4. The number of hydrogen-bond donors (Lipinski definition) is 0. The van der Waals surface area contributed by atoms with Gasteiger partial charge in [0.15, 0.2) is 0 Å². The zero-order chi connectivity index (χ0) is 19.3. The van der Waals surface area contributed by atoms with E-state index in [9.17, 15) is 4.79 Å². The second-order valence-electron chi connectivity index (χ2n) is 7.65. The van der Waals surface area contributed by atoms with Crippen molar-refractivity contribution in [1.29, 1.82) is 0 Å². The van der Waals surface area contributed by atoms with Gasteiger partial charge in [0.05, 0.1) is 13.2 Å². The number of ether oxygens (including phenoxy) is 1. The summed E-state index contributed by atoms with van der Waals surface area (Å²) in [5.74, 6) is 1.36. The number of fused-ring (bicyclic) bond motifs is 1. The average Bonchev–Trinajstić information content (AvgIpc) is 3.37. The summed E-state index contributed by atoms with van der Waals surface area (Å²) in [5.41, 5.74) is 4.31. The molecule has 28 heavy (non-hydrogen) atoms. The summed E-state index contributed by atoms with van der Waals surface area (Å²) in [6.45, 7) is 3.40. The molecule has 0 unspecified atom stereocenters. The Hall–Kier alpha value is -2.53. The molecule has 1 atom stereocenters. The molecule has 0 saturated carbocycles. The van der Waals surface area contributed by atoms with E-state index in [0.717, 1.165) is 35.7 Å². The van der Waals surface area contributed by atoms with E-state index in [0.29, 0.717) is 26.0 Å². The van der Waals surface area contributed by atoms with Gasteiger partial charge in [-0.15, -0.1) is 0 Å². The van der Waals surface area contributed by atoms with E-state index in [4.69, 9.17) is 9.73 Å². The minimum absolute atomic E-state index is 0.0817. The predicted octanol–water partition coefficient (Wildman–Crippen LogP) is 3.37. The summed E-state index contributed by atoms with van der Waals surface area (Å²) in [5, 5.41) is 0. The minimum atomic E-state index is 0.0817. The van der Waals surface area contributed by atoms with Crippen LogP contribution in [0, 0.1) is 0 Å². The molecule has 0 bridgehead atoms. The number of aliphatic imine (C=N–C) groups is 1. The molecule has 1 fully saturated rings. The number of ketones is 1. The van der Waals surface area contributed by atoms with Crippen molar-refractivity contribution in [3.05, 3.63) is 65.0 Å². The number of aromatic nitrogens is 1. The van der Waals surface area contributed by atoms with Gasteiger partial charge in [-0.1, -0.05) is 30.3 Å². The Morgan fingerprint density at radius 3 is 2.75 bits per heavy atom. The molecule has 3 heterocycles. The van der Waals surface area contributed by atoms with Crippen molar-refractivity contribution in [2.45, 2.75) is 38.1 Å². The number of carbonyl (C=O) groups excluding carboxylic acids is 1. The Bertz CT molecular complexity index is 857. The van der Waals surface area contributed by atoms with Crippen LogP contribution in [0.4, 0.5) is 0 Å². The second-order valence-corrected chi connectivity index (χ2v) is 7.65. The molecule has 2 aliphatic rings.